The second-order valence-corrected chi connectivity index (χ2v) is 6.98. The Labute approximate surface area is 123 Å². The molecule has 1 atom stereocenters. The maximum absolute atomic E-state index is 9.60. The Kier molecular flexibility index (Phi) is 6.27. The molecule has 1 unspecified atom stereocenters. The van der Waals surface area contributed by atoms with E-state index < -0.39 is 0 Å². The maximum Gasteiger partial charge on any atom is 0.0610 e. The van der Waals surface area contributed by atoms with E-state index >= 15 is 0 Å². The van der Waals surface area contributed by atoms with Crippen LogP contribution in [0.1, 0.15) is 45.4 Å². The van der Waals surface area contributed by atoms with Crippen LogP contribution in [0.3, 0.4) is 0 Å². The van der Waals surface area contributed by atoms with Crippen LogP contribution in [0.5, 0.6) is 0 Å². The molecule has 0 amide bonds. The fourth-order valence-corrected chi connectivity index (χ4v) is 3.22. The highest BCUT2D eigenvalue weighted by atomic mass is 16.5. The van der Waals surface area contributed by atoms with Crippen LogP contribution in [0, 0.1) is 5.92 Å². The van der Waals surface area contributed by atoms with E-state index in [9.17, 15) is 5.11 Å². The van der Waals surface area contributed by atoms with Crippen molar-refractivity contribution in [3.05, 3.63) is 0 Å². The highest BCUT2D eigenvalue weighted by molar-refractivity contribution is 4.92. The minimum Gasteiger partial charge on any atom is -0.394 e. The first kappa shape index (κ1) is 16.2. The van der Waals surface area contributed by atoms with E-state index in [0.717, 1.165) is 18.9 Å². The molecule has 118 valence electrons. The van der Waals surface area contributed by atoms with E-state index in [-0.39, 0.29) is 12.1 Å². The van der Waals surface area contributed by atoms with Gasteiger partial charge < -0.3 is 20.1 Å². The molecule has 0 aromatic rings. The molecule has 0 aromatic carbocycles. The van der Waals surface area contributed by atoms with E-state index in [1.165, 1.54) is 51.7 Å². The summed E-state index contributed by atoms with van der Waals surface area (Å²) < 4.78 is 5.25. The number of likely N-dealkylation sites (tertiary alicyclic amines) is 1. The molecule has 4 nitrogen and oxygen atoms in total. The quantitative estimate of drug-likeness (QED) is 0.675. The molecule has 2 aliphatic rings. The third-order valence-corrected chi connectivity index (χ3v) is 4.79. The van der Waals surface area contributed by atoms with Gasteiger partial charge in [-0.15, -0.1) is 0 Å². The van der Waals surface area contributed by atoms with Crippen molar-refractivity contribution < 1.29 is 9.84 Å². The highest BCUT2D eigenvalue weighted by Gasteiger charge is 2.31. The van der Waals surface area contributed by atoms with Gasteiger partial charge in [-0.05, 0) is 71.0 Å². The summed E-state index contributed by atoms with van der Waals surface area (Å²) in [5.74, 6) is 0.760. The molecular weight excluding hydrogens is 252 g/mol. The Bertz CT molecular complexity index is 276. The predicted octanol–water partition coefficient (Wildman–Crippen LogP) is 1.63. The summed E-state index contributed by atoms with van der Waals surface area (Å²) in [6.45, 7) is 6.92. The Morgan fingerprint density at radius 1 is 1.25 bits per heavy atom. The van der Waals surface area contributed by atoms with Crippen molar-refractivity contribution in [1.82, 2.24) is 10.2 Å². The number of rotatable bonds is 9. The van der Waals surface area contributed by atoms with Crippen LogP contribution in [-0.4, -0.2) is 61.5 Å². The number of nitrogens with zero attached hydrogens (tertiary/aromatic N) is 1. The van der Waals surface area contributed by atoms with Crippen molar-refractivity contribution in [3.63, 3.8) is 0 Å². The number of aliphatic hydroxyl groups is 1. The molecule has 1 aliphatic carbocycles. The zero-order valence-electron chi connectivity index (χ0n) is 13.2. The van der Waals surface area contributed by atoms with Crippen LogP contribution in [0.4, 0.5) is 0 Å². The van der Waals surface area contributed by atoms with Crippen molar-refractivity contribution in [1.29, 1.82) is 0 Å². The molecule has 2 N–H and O–H groups in total. The average molecular weight is 284 g/mol. The standard InChI is InChI=1S/C16H32N2O2/c1-16(13-19,17-15-4-5-15)8-3-9-18-10-6-14(7-11-18)12-20-2/h14-15,17,19H,3-13H2,1-2H3. The number of nitrogens with one attached hydrogen (secondary N) is 1. The summed E-state index contributed by atoms with van der Waals surface area (Å²) in [5, 5.41) is 13.2. The number of hydrogen-bond donors (Lipinski definition) is 2. The average Bonchev–Trinajstić information content (AvgIpc) is 3.25. The molecule has 0 radical (unpaired) electrons. The first-order valence-corrected chi connectivity index (χ1v) is 8.25. The van der Waals surface area contributed by atoms with Crippen molar-refractivity contribution >= 4 is 0 Å². The Morgan fingerprint density at radius 2 is 1.95 bits per heavy atom. The molecule has 0 spiro atoms. The smallest absolute Gasteiger partial charge is 0.0610 e. The highest BCUT2D eigenvalue weighted by Crippen LogP contribution is 2.25. The van der Waals surface area contributed by atoms with Gasteiger partial charge in [0.2, 0.25) is 0 Å². The van der Waals surface area contributed by atoms with E-state index in [1.807, 2.05) is 0 Å². The first-order chi connectivity index (χ1) is 9.65. The van der Waals surface area contributed by atoms with Crippen molar-refractivity contribution in [2.75, 3.05) is 40.0 Å². The van der Waals surface area contributed by atoms with Crippen molar-refractivity contribution in [3.8, 4) is 0 Å². The minimum absolute atomic E-state index is 0.0739. The predicted molar refractivity (Wildman–Crippen MR) is 81.9 cm³/mol. The lowest BCUT2D eigenvalue weighted by atomic mass is 9.95. The van der Waals surface area contributed by atoms with Crippen LogP contribution in [0.15, 0.2) is 0 Å². The number of hydrogen-bond acceptors (Lipinski definition) is 4. The molecule has 20 heavy (non-hydrogen) atoms. The van der Waals surface area contributed by atoms with Gasteiger partial charge in [-0.1, -0.05) is 0 Å². The molecule has 0 bridgehead atoms. The SMILES string of the molecule is COCC1CCN(CCCC(C)(CO)NC2CC2)CC1. The molecule has 2 fully saturated rings. The van der Waals surface area contributed by atoms with E-state index in [1.54, 1.807) is 7.11 Å². The van der Waals surface area contributed by atoms with E-state index in [2.05, 4.69) is 17.1 Å². The van der Waals surface area contributed by atoms with Gasteiger partial charge in [-0.2, -0.15) is 0 Å². The lowest BCUT2D eigenvalue weighted by Crippen LogP contribution is -2.47. The van der Waals surface area contributed by atoms with Gasteiger partial charge >= 0.3 is 0 Å². The van der Waals surface area contributed by atoms with E-state index in [0.29, 0.717) is 6.04 Å². The number of ether oxygens (including phenoxy) is 1. The van der Waals surface area contributed by atoms with E-state index in [4.69, 9.17) is 4.74 Å². The third-order valence-electron chi connectivity index (χ3n) is 4.79. The first-order valence-electron chi connectivity index (χ1n) is 8.25. The molecule has 1 saturated carbocycles. The van der Waals surface area contributed by atoms with Crippen molar-refractivity contribution in [2.24, 2.45) is 5.92 Å². The van der Waals surface area contributed by atoms with Crippen LogP contribution < -0.4 is 5.32 Å². The van der Waals surface area contributed by atoms with Gasteiger partial charge in [0.15, 0.2) is 0 Å². The number of methoxy groups -OCH3 is 1. The molecule has 1 aliphatic heterocycles. The summed E-state index contributed by atoms with van der Waals surface area (Å²) in [4.78, 5) is 2.57. The molecule has 0 aromatic heterocycles. The van der Waals surface area contributed by atoms with Crippen LogP contribution in [-0.2, 0) is 4.74 Å². The number of piperidine rings is 1. The summed E-state index contributed by atoms with van der Waals surface area (Å²) in [6.07, 6.45) is 7.34. The second-order valence-electron chi connectivity index (χ2n) is 6.98. The van der Waals surface area contributed by atoms with Crippen molar-refractivity contribution in [2.45, 2.75) is 57.0 Å². The maximum atomic E-state index is 9.60. The van der Waals surface area contributed by atoms with Gasteiger partial charge in [-0.3, -0.25) is 0 Å². The molecule has 1 heterocycles. The number of aliphatic hydroxyl groups excluding tert-OH is 1. The molecular formula is C16H32N2O2. The zero-order chi connectivity index (χ0) is 14.4. The fourth-order valence-electron chi connectivity index (χ4n) is 3.22. The van der Waals surface area contributed by atoms with Crippen LogP contribution in [0.25, 0.3) is 0 Å². The lowest BCUT2D eigenvalue weighted by Gasteiger charge is -2.33. The fraction of sp³-hybridized carbons (Fsp3) is 1.00. The monoisotopic (exact) mass is 284 g/mol. The largest absolute Gasteiger partial charge is 0.394 e. The van der Waals surface area contributed by atoms with Gasteiger partial charge in [0.25, 0.3) is 0 Å². The topological polar surface area (TPSA) is 44.7 Å². The Hall–Kier alpha value is -0.160. The van der Waals surface area contributed by atoms with Crippen LogP contribution >= 0.6 is 0 Å². The minimum atomic E-state index is -0.0739. The molecule has 1 saturated heterocycles. The van der Waals surface area contributed by atoms with Crippen LogP contribution in [0.2, 0.25) is 0 Å². The summed E-state index contributed by atoms with van der Waals surface area (Å²) >= 11 is 0. The third kappa shape index (κ3) is 5.32. The zero-order valence-corrected chi connectivity index (χ0v) is 13.2. The normalized spacial score (nSPS) is 24.8. The lowest BCUT2D eigenvalue weighted by molar-refractivity contribution is 0.0956. The van der Waals surface area contributed by atoms with Gasteiger partial charge in [-0.25, -0.2) is 0 Å². The summed E-state index contributed by atoms with van der Waals surface area (Å²) in [7, 11) is 1.80. The second kappa shape index (κ2) is 7.74. The van der Waals surface area contributed by atoms with Gasteiger partial charge in [0.1, 0.15) is 0 Å². The molecule has 2 rings (SSSR count). The molecule has 4 heteroatoms. The summed E-state index contributed by atoms with van der Waals surface area (Å²) in [6, 6.07) is 0.664. The Morgan fingerprint density at radius 3 is 2.50 bits per heavy atom. The van der Waals surface area contributed by atoms with Gasteiger partial charge in [0, 0.05) is 25.3 Å². The van der Waals surface area contributed by atoms with Gasteiger partial charge in [0.05, 0.1) is 6.61 Å². The Balaban J connectivity index is 1.60. The summed E-state index contributed by atoms with van der Waals surface area (Å²) in [5.41, 5.74) is -0.0739.